The molecule has 1 aliphatic rings. The molecule has 1 aliphatic heterocycles. The Balaban J connectivity index is 2.37. The minimum absolute atomic E-state index is 0.232. The van der Waals surface area contributed by atoms with Gasteiger partial charge in [-0.05, 0) is 19.1 Å². The predicted octanol–water partition coefficient (Wildman–Crippen LogP) is 2.25. The van der Waals surface area contributed by atoms with E-state index in [0.717, 1.165) is 15.6 Å². The number of oxime groups is 1. The van der Waals surface area contributed by atoms with Gasteiger partial charge in [0.2, 0.25) is 0 Å². The van der Waals surface area contributed by atoms with Gasteiger partial charge in [0.1, 0.15) is 6.61 Å². The van der Waals surface area contributed by atoms with Gasteiger partial charge >= 0.3 is 5.97 Å². The van der Waals surface area contributed by atoms with Gasteiger partial charge in [0.15, 0.2) is 5.71 Å². The predicted molar refractivity (Wildman–Crippen MR) is 62.1 cm³/mol. The number of fused-ring (bicyclic) bond motifs is 1. The van der Waals surface area contributed by atoms with Crippen LogP contribution in [0, 0.1) is 0 Å². The van der Waals surface area contributed by atoms with E-state index in [1.165, 1.54) is 0 Å². The quantitative estimate of drug-likeness (QED) is 0.782. The standard InChI is InChI=1S/C11H10BrNO3/c1-2-15-11(14)10-9-4-3-8(12)5-7(9)6-16-13-10/h3-5H,2,6H2,1H3. The van der Waals surface area contributed by atoms with Crippen LogP contribution in [0.5, 0.6) is 0 Å². The van der Waals surface area contributed by atoms with Crippen molar-refractivity contribution in [3.63, 3.8) is 0 Å². The maximum Gasteiger partial charge on any atom is 0.361 e. The largest absolute Gasteiger partial charge is 0.461 e. The lowest BCUT2D eigenvalue weighted by Gasteiger charge is -2.15. The molecule has 0 atom stereocenters. The minimum atomic E-state index is -0.453. The molecule has 0 saturated heterocycles. The van der Waals surface area contributed by atoms with E-state index >= 15 is 0 Å². The van der Waals surface area contributed by atoms with E-state index in [-0.39, 0.29) is 5.71 Å². The molecule has 0 N–H and O–H groups in total. The fraction of sp³-hybridized carbons (Fsp3) is 0.273. The Kier molecular flexibility index (Phi) is 3.24. The molecule has 0 bridgehead atoms. The molecule has 0 unspecified atom stereocenters. The fourth-order valence-electron chi connectivity index (χ4n) is 1.47. The van der Waals surface area contributed by atoms with Crippen LogP contribution in [0.2, 0.25) is 0 Å². The summed E-state index contributed by atoms with van der Waals surface area (Å²) >= 11 is 3.37. The van der Waals surface area contributed by atoms with Crippen LogP contribution in [0.3, 0.4) is 0 Å². The van der Waals surface area contributed by atoms with E-state index in [1.807, 2.05) is 18.2 Å². The monoisotopic (exact) mass is 283 g/mol. The first-order valence-corrected chi connectivity index (χ1v) is 5.67. The first kappa shape index (κ1) is 11.1. The lowest BCUT2D eigenvalue weighted by atomic mass is 10.0. The maximum absolute atomic E-state index is 11.6. The molecule has 2 rings (SSSR count). The van der Waals surface area contributed by atoms with Crippen molar-refractivity contribution in [3.05, 3.63) is 33.8 Å². The number of hydrogen-bond acceptors (Lipinski definition) is 4. The molecule has 5 heteroatoms. The topological polar surface area (TPSA) is 47.9 Å². The lowest BCUT2D eigenvalue weighted by Crippen LogP contribution is -2.23. The number of rotatable bonds is 2. The average Bonchev–Trinajstić information content (AvgIpc) is 2.28. The number of esters is 1. The molecule has 1 heterocycles. The summed E-state index contributed by atoms with van der Waals surface area (Å²) in [5, 5.41) is 3.75. The van der Waals surface area contributed by atoms with Gasteiger partial charge < -0.3 is 9.57 Å². The van der Waals surface area contributed by atoms with Gasteiger partial charge in [-0.2, -0.15) is 0 Å². The Labute approximate surface area is 101 Å². The molecule has 1 aromatic carbocycles. The number of halogens is 1. The maximum atomic E-state index is 11.6. The van der Waals surface area contributed by atoms with Crippen LogP contribution in [0.25, 0.3) is 0 Å². The highest BCUT2D eigenvalue weighted by atomic mass is 79.9. The fourth-order valence-corrected chi connectivity index (χ4v) is 1.88. The number of ether oxygens (including phenoxy) is 1. The van der Waals surface area contributed by atoms with E-state index < -0.39 is 5.97 Å². The SMILES string of the molecule is CCOC(=O)C1=NOCc2cc(Br)ccc21. The molecule has 0 spiro atoms. The highest BCUT2D eigenvalue weighted by Gasteiger charge is 2.23. The molecule has 0 amide bonds. The van der Waals surface area contributed by atoms with Crippen molar-refractivity contribution in [2.75, 3.05) is 6.61 Å². The molecule has 0 fully saturated rings. The smallest absolute Gasteiger partial charge is 0.361 e. The Morgan fingerprint density at radius 3 is 3.19 bits per heavy atom. The molecule has 0 aliphatic carbocycles. The van der Waals surface area contributed by atoms with E-state index in [0.29, 0.717) is 13.2 Å². The van der Waals surface area contributed by atoms with Crippen molar-refractivity contribution in [2.45, 2.75) is 13.5 Å². The Morgan fingerprint density at radius 2 is 2.44 bits per heavy atom. The van der Waals surface area contributed by atoms with Crippen LogP contribution >= 0.6 is 15.9 Å². The first-order valence-electron chi connectivity index (χ1n) is 4.88. The summed E-state index contributed by atoms with van der Waals surface area (Å²) in [5.41, 5.74) is 1.93. The molecule has 0 saturated carbocycles. The van der Waals surface area contributed by atoms with Gasteiger partial charge in [-0.3, -0.25) is 0 Å². The van der Waals surface area contributed by atoms with Crippen molar-refractivity contribution < 1.29 is 14.4 Å². The number of nitrogens with zero attached hydrogens (tertiary/aromatic N) is 1. The first-order chi connectivity index (χ1) is 7.72. The number of hydrogen-bond donors (Lipinski definition) is 0. The molecule has 1 aromatic rings. The van der Waals surface area contributed by atoms with Gasteiger partial charge in [-0.25, -0.2) is 4.79 Å². The summed E-state index contributed by atoms with van der Waals surface area (Å²) in [6.07, 6.45) is 0. The van der Waals surface area contributed by atoms with Crippen LogP contribution in [0.4, 0.5) is 0 Å². The molecule has 0 aromatic heterocycles. The van der Waals surface area contributed by atoms with Crippen LogP contribution in [0.1, 0.15) is 18.1 Å². The van der Waals surface area contributed by atoms with Crippen molar-refractivity contribution >= 4 is 27.6 Å². The second-order valence-corrected chi connectivity index (χ2v) is 4.15. The van der Waals surface area contributed by atoms with Crippen molar-refractivity contribution in [1.29, 1.82) is 0 Å². The summed E-state index contributed by atoms with van der Waals surface area (Å²) in [6, 6.07) is 5.60. The van der Waals surface area contributed by atoms with Crippen LogP contribution < -0.4 is 0 Å². The average molecular weight is 284 g/mol. The summed E-state index contributed by atoms with van der Waals surface area (Å²) in [7, 11) is 0. The Morgan fingerprint density at radius 1 is 1.62 bits per heavy atom. The number of carbonyl (C=O) groups is 1. The van der Waals surface area contributed by atoms with E-state index in [2.05, 4.69) is 21.1 Å². The molecule has 4 nitrogen and oxygen atoms in total. The lowest BCUT2D eigenvalue weighted by molar-refractivity contribution is -0.135. The summed E-state index contributed by atoms with van der Waals surface area (Å²) in [6.45, 7) is 2.45. The molecular formula is C11H10BrNO3. The normalized spacial score (nSPS) is 13.5. The Hall–Kier alpha value is -1.36. The number of benzene rings is 1. The summed E-state index contributed by atoms with van der Waals surface area (Å²) in [4.78, 5) is 16.6. The molecule has 84 valence electrons. The third-order valence-electron chi connectivity index (χ3n) is 2.17. The summed E-state index contributed by atoms with van der Waals surface area (Å²) < 4.78 is 5.85. The van der Waals surface area contributed by atoms with Gasteiger partial charge in [0.25, 0.3) is 0 Å². The van der Waals surface area contributed by atoms with E-state index in [1.54, 1.807) is 6.92 Å². The molecular weight excluding hydrogens is 274 g/mol. The van der Waals surface area contributed by atoms with Crippen LogP contribution in [-0.4, -0.2) is 18.3 Å². The van der Waals surface area contributed by atoms with Crippen LogP contribution in [0.15, 0.2) is 27.8 Å². The zero-order chi connectivity index (χ0) is 11.5. The van der Waals surface area contributed by atoms with Crippen molar-refractivity contribution in [3.8, 4) is 0 Å². The zero-order valence-electron chi connectivity index (χ0n) is 8.70. The molecule has 0 radical (unpaired) electrons. The third-order valence-corrected chi connectivity index (χ3v) is 2.66. The summed E-state index contributed by atoms with van der Waals surface area (Å²) in [5.74, 6) is -0.453. The highest BCUT2D eigenvalue weighted by Crippen LogP contribution is 2.22. The highest BCUT2D eigenvalue weighted by molar-refractivity contribution is 9.10. The van der Waals surface area contributed by atoms with E-state index in [9.17, 15) is 4.79 Å². The van der Waals surface area contributed by atoms with Crippen molar-refractivity contribution in [2.24, 2.45) is 5.16 Å². The van der Waals surface area contributed by atoms with Crippen molar-refractivity contribution in [1.82, 2.24) is 0 Å². The minimum Gasteiger partial charge on any atom is -0.461 e. The second kappa shape index (κ2) is 4.65. The molecule has 16 heavy (non-hydrogen) atoms. The van der Waals surface area contributed by atoms with E-state index in [4.69, 9.17) is 9.57 Å². The zero-order valence-corrected chi connectivity index (χ0v) is 10.3. The third kappa shape index (κ3) is 2.09. The van der Waals surface area contributed by atoms with Gasteiger partial charge in [0.05, 0.1) is 6.61 Å². The van der Waals surface area contributed by atoms with Crippen LogP contribution in [-0.2, 0) is 21.0 Å². The Bertz CT molecular complexity index is 457. The second-order valence-electron chi connectivity index (χ2n) is 3.24. The van der Waals surface area contributed by atoms with Gasteiger partial charge in [-0.15, -0.1) is 0 Å². The van der Waals surface area contributed by atoms with Gasteiger partial charge in [-0.1, -0.05) is 27.2 Å². The number of carbonyl (C=O) groups excluding carboxylic acids is 1. The van der Waals surface area contributed by atoms with Gasteiger partial charge in [0, 0.05) is 15.6 Å².